The van der Waals surface area contributed by atoms with Crippen molar-refractivity contribution in [3.63, 3.8) is 0 Å². The normalized spacial score (nSPS) is 20.9. The molecule has 0 spiro atoms. The van der Waals surface area contributed by atoms with Gasteiger partial charge in [0.05, 0.1) is 6.61 Å². The summed E-state index contributed by atoms with van der Waals surface area (Å²) in [6.07, 6.45) is 3.70. The van der Waals surface area contributed by atoms with Crippen LogP contribution in [0, 0.1) is 5.92 Å². The second-order valence-corrected chi connectivity index (χ2v) is 5.16. The molecular weight excluding hydrogens is 220 g/mol. The monoisotopic (exact) mass is 244 g/mol. The van der Waals surface area contributed by atoms with Gasteiger partial charge in [0.25, 0.3) is 0 Å². The zero-order chi connectivity index (χ0) is 12.7. The Kier molecular flexibility index (Phi) is 5.88. The second-order valence-electron chi connectivity index (χ2n) is 5.16. The maximum Gasteiger partial charge on any atom is 0.220 e. The van der Waals surface area contributed by atoms with E-state index in [0.29, 0.717) is 12.3 Å². The van der Waals surface area contributed by atoms with Gasteiger partial charge in [0, 0.05) is 13.0 Å². The van der Waals surface area contributed by atoms with Crippen molar-refractivity contribution in [1.29, 1.82) is 0 Å². The SMILES string of the molecule is CC(O)(CO)CNC(=O)CCC1CCNCC1. The Bertz CT molecular complexity index is 238. The molecule has 17 heavy (non-hydrogen) atoms. The highest BCUT2D eigenvalue weighted by Crippen LogP contribution is 2.17. The second kappa shape index (κ2) is 6.93. The first-order valence-electron chi connectivity index (χ1n) is 6.34. The van der Waals surface area contributed by atoms with Gasteiger partial charge in [-0.15, -0.1) is 0 Å². The minimum atomic E-state index is -1.22. The molecule has 1 fully saturated rings. The van der Waals surface area contributed by atoms with Crippen LogP contribution < -0.4 is 10.6 Å². The van der Waals surface area contributed by atoms with Crippen LogP contribution in [0.2, 0.25) is 0 Å². The molecule has 0 aromatic heterocycles. The summed E-state index contributed by atoms with van der Waals surface area (Å²) in [7, 11) is 0. The quantitative estimate of drug-likeness (QED) is 0.514. The summed E-state index contributed by atoms with van der Waals surface area (Å²) < 4.78 is 0. The van der Waals surface area contributed by atoms with Crippen LogP contribution in [-0.4, -0.2) is 48.0 Å². The molecule has 1 saturated heterocycles. The smallest absolute Gasteiger partial charge is 0.220 e. The molecule has 0 radical (unpaired) electrons. The van der Waals surface area contributed by atoms with Crippen LogP contribution in [0.3, 0.4) is 0 Å². The van der Waals surface area contributed by atoms with Crippen molar-refractivity contribution < 1.29 is 15.0 Å². The van der Waals surface area contributed by atoms with Gasteiger partial charge in [-0.3, -0.25) is 4.79 Å². The molecule has 1 heterocycles. The molecule has 0 bridgehead atoms. The van der Waals surface area contributed by atoms with Crippen LogP contribution in [0.4, 0.5) is 0 Å². The number of piperidine rings is 1. The van der Waals surface area contributed by atoms with E-state index in [1.165, 1.54) is 6.92 Å². The molecule has 1 rings (SSSR count). The highest BCUT2D eigenvalue weighted by molar-refractivity contribution is 5.75. The van der Waals surface area contributed by atoms with Crippen molar-refractivity contribution in [1.82, 2.24) is 10.6 Å². The van der Waals surface area contributed by atoms with E-state index in [1.807, 2.05) is 0 Å². The van der Waals surface area contributed by atoms with Crippen molar-refractivity contribution in [3.05, 3.63) is 0 Å². The van der Waals surface area contributed by atoms with Crippen molar-refractivity contribution in [2.45, 2.75) is 38.2 Å². The van der Waals surface area contributed by atoms with E-state index in [4.69, 9.17) is 5.11 Å². The van der Waals surface area contributed by atoms with Gasteiger partial charge in [-0.05, 0) is 45.2 Å². The van der Waals surface area contributed by atoms with Crippen LogP contribution in [0.5, 0.6) is 0 Å². The maximum absolute atomic E-state index is 11.5. The fourth-order valence-electron chi connectivity index (χ4n) is 1.94. The minimum Gasteiger partial charge on any atom is -0.393 e. The van der Waals surface area contributed by atoms with E-state index in [2.05, 4.69) is 10.6 Å². The molecule has 0 aromatic carbocycles. The van der Waals surface area contributed by atoms with Crippen LogP contribution in [0.15, 0.2) is 0 Å². The standard InChI is InChI=1S/C12H24N2O3/c1-12(17,9-15)8-14-11(16)3-2-10-4-6-13-7-5-10/h10,13,15,17H,2-9H2,1H3,(H,14,16). The van der Waals surface area contributed by atoms with E-state index < -0.39 is 5.60 Å². The molecule has 5 heteroatoms. The summed E-state index contributed by atoms with van der Waals surface area (Å²) in [5.74, 6) is 0.595. The summed E-state index contributed by atoms with van der Waals surface area (Å²) in [6, 6.07) is 0. The minimum absolute atomic E-state index is 0.0442. The predicted octanol–water partition coefficient (Wildman–Crippen LogP) is -0.374. The topological polar surface area (TPSA) is 81.6 Å². The van der Waals surface area contributed by atoms with E-state index >= 15 is 0 Å². The molecule has 1 amide bonds. The third kappa shape index (κ3) is 6.00. The van der Waals surface area contributed by atoms with Crippen molar-refractivity contribution >= 4 is 5.91 Å². The number of amides is 1. The van der Waals surface area contributed by atoms with E-state index in [1.54, 1.807) is 0 Å². The molecule has 1 aliphatic rings. The largest absolute Gasteiger partial charge is 0.393 e. The number of carbonyl (C=O) groups is 1. The highest BCUT2D eigenvalue weighted by atomic mass is 16.3. The number of aliphatic hydroxyl groups is 2. The molecule has 0 aromatic rings. The van der Waals surface area contributed by atoms with Gasteiger partial charge in [-0.1, -0.05) is 0 Å². The fourth-order valence-corrected chi connectivity index (χ4v) is 1.94. The number of aliphatic hydroxyl groups excluding tert-OH is 1. The zero-order valence-corrected chi connectivity index (χ0v) is 10.5. The summed E-state index contributed by atoms with van der Waals surface area (Å²) >= 11 is 0. The van der Waals surface area contributed by atoms with Gasteiger partial charge in [0.1, 0.15) is 5.60 Å². The molecule has 100 valence electrons. The molecule has 4 N–H and O–H groups in total. The van der Waals surface area contributed by atoms with Crippen LogP contribution in [0.25, 0.3) is 0 Å². The molecule has 1 atom stereocenters. The van der Waals surface area contributed by atoms with Crippen molar-refractivity contribution in [2.75, 3.05) is 26.2 Å². The number of hydrogen-bond donors (Lipinski definition) is 4. The maximum atomic E-state index is 11.5. The van der Waals surface area contributed by atoms with Gasteiger partial charge < -0.3 is 20.8 Å². The van der Waals surface area contributed by atoms with Crippen LogP contribution in [0.1, 0.15) is 32.6 Å². The zero-order valence-electron chi connectivity index (χ0n) is 10.5. The average Bonchev–Trinajstić information content (AvgIpc) is 2.35. The Morgan fingerprint density at radius 2 is 2.12 bits per heavy atom. The summed E-state index contributed by atoms with van der Waals surface area (Å²) in [4.78, 5) is 11.5. The fraction of sp³-hybridized carbons (Fsp3) is 0.917. The third-order valence-corrected chi connectivity index (χ3v) is 3.25. The van der Waals surface area contributed by atoms with Gasteiger partial charge in [-0.25, -0.2) is 0 Å². The lowest BCUT2D eigenvalue weighted by Crippen LogP contribution is -2.43. The summed E-state index contributed by atoms with van der Waals surface area (Å²) in [6.45, 7) is 3.35. The lowest BCUT2D eigenvalue weighted by molar-refractivity contribution is -0.122. The van der Waals surface area contributed by atoms with Crippen molar-refractivity contribution in [2.24, 2.45) is 5.92 Å². The number of rotatable bonds is 6. The molecule has 1 aliphatic heterocycles. The lowest BCUT2D eigenvalue weighted by Gasteiger charge is -2.23. The lowest BCUT2D eigenvalue weighted by atomic mass is 9.93. The summed E-state index contributed by atoms with van der Waals surface area (Å²) in [5.41, 5.74) is -1.22. The van der Waals surface area contributed by atoms with Crippen LogP contribution in [-0.2, 0) is 4.79 Å². The highest BCUT2D eigenvalue weighted by Gasteiger charge is 2.20. The molecule has 1 unspecified atom stereocenters. The molecule has 5 nitrogen and oxygen atoms in total. The van der Waals surface area contributed by atoms with E-state index in [0.717, 1.165) is 32.4 Å². The average molecular weight is 244 g/mol. The number of carbonyl (C=O) groups excluding carboxylic acids is 1. The molecule has 0 saturated carbocycles. The van der Waals surface area contributed by atoms with Gasteiger partial charge in [0.15, 0.2) is 0 Å². The molecule has 0 aliphatic carbocycles. The Morgan fingerprint density at radius 1 is 1.47 bits per heavy atom. The molecular formula is C12H24N2O3. The predicted molar refractivity (Wildman–Crippen MR) is 65.5 cm³/mol. The Balaban J connectivity index is 2.12. The van der Waals surface area contributed by atoms with Gasteiger partial charge >= 0.3 is 0 Å². The van der Waals surface area contributed by atoms with E-state index in [9.17, 15) is 9.90 Å². The van der Waals surface area contributed by atoms with Crippen LogP contribution >= 0.6 is 0 Å². The first kappa shape index (κ1) is 14.4. The van der Waals surface area contributed by atoms with Crippen molar-refractivity contribution in [3.8, 4) is 0 Å². The third-order valence-electron chi connectivity index (χ3n) is 3.25. The number of nitrogens with one attached hydrogen (secondary N) is 2. The van der Waals surface area contributed by atoms with Gasteiger partial charge in [-0.2, -0.15) is 0 Å². The first-order chi connectivity index (χ1) is 8.03. The Hall–Kier alpha value is -0.650. The van der Waals surface area contributed by atoms with Gasteiger partial charge in [0.2, 0.25) is 5.91 Å². The summed E-state index contributed by atoms with van der Waals surface area (Å²) in [5, 5.41) is 24.3. The Labute approximate surface area is 103 Å². The first-order valence-corrected chi connectivity index (χ1v) is 6.34. The number of hydrogen-bond acceptors (Lipinski definition) is 4. The Morgan fingerprint density at radius 3 is 2.71 bits per heavy atom. The van der Waals surface area contributed by atoms with E-state index in [-0.39, 0.29) is 19.1 Å².